The molecular formula is C32H45N7O5S. The second kappa shape index (κ2) is 15.4. The second-order valence-corrected chi connectivity index (χ2v) is 13.2. The molecule has 0 aliphatic carbocycles. The van der Waals surface area contributed by atoms with E-state index in [1.807, 2.05) is 50.4 Å². The van der Waals surface area contributed by atoms with Crippen molar-refractivity contribution in [3.63, 3.8) is 0 Å². The Hall–Kier alpha value is -3.84. The smallest absolute Gasteiger partial charge is 0.410 e. The van der Waals surface area contributed by atoms with Crippen molar-refractivity contribution in [3.8, 4) is 5.75 Å². The molecular weight excluding hydrogens is 594 g/mol. The molecule has 12 nitrogen and oxygen atoms in total. The average Bonchev–Trinajstić information content (AvgIpc) is 3.44. The Morgan fingerprint density at radius 1 is 1.13 bits per heavy atom. The van der Waals surface area contributed by atoms with E-state index in [1.165, 1.54) is 30.4 Å². The van der Waals surface area contributed by atoms with Crippen molar-refractivity contribution in [1.82, 2.24) is 30.4 Å². The van der Waals surface area contributed by atoms with E-state index in [4.69, 9.17) is 9.47 Å². The fourth-order valence-electron chi connectivity index (χ4n) is 5.32. The standard InChI is InChI=1S/C32H45N7O5S/c1-6-38(7-2)18-19-43-25-12-10-23(11-13-25)32(37-29(41)36-27-21-33-15-16-34-27)26(14-20-45-32)28(40)35-24-9-8-17-39(22-24)30(42)44-31(3,4)5/h10-16,20-21,24,26H,6-9,17-19,22H2,1-5H3,(H,35,40)(H2,34,36,37,41). The first-order chi connectivity index (χ1) is 21.5. The first-order valence-electron chi connectivity index (χ1n) is 15.5. The van der Waals surface area contributed by atoms with Gasteiger partial charge in [-0.25, -0.2) is 14.6 Å². The maximum absolute atomic E-state index is 13.9. The quantitative estimate of drug-likeness (QED) is 0.323. The summed E-state index contributed by atoms with van der Waals surface area (Å²) in [6.07, 6.45) is 7.31. The number of carbonyl (C=O) groups is 3. The van der Waals surface area contributed by atoms with E-state index in [-0.39, 0.29) is 17.8 Å². The van der Waals surface area contributed by atoms with Crippen LogP contribution in [0.25, 0.3) is 0 Å². The van der Waals surface area contributed by atoms with Crippen molar-refractivity contribution in [2.75, 3.05) is 44.6 Å². The van der Waals surface area contributed by atoms with Gasteiger partial charge in [0.1, 0.15) is 22.8 Å². The molecule has 2 aromatic rings. The van der Waals surface area contributed by atoms with Crippen LogP contribution in [-0.2, 0) is 14.4 Å². The molecule has 0 spiro atoms. The molecule has 1 saturated heterocycles. The summed E-state index contributed by atoms with van der Waals surface area (Å²) in [5.74, 6) is -0.0250. The van der Waals surface area contributed by atoms with Crippen LogP contribution >= 0.6 is 11.8 Å². The number of likely N-dealkylation sites (N-methyl/N-ethyl adjacent to an activating group) is 1. The molecule has 1 fully saturated rings. The number of thioether (sulfide) groups is 1. The fraction of sp³-hybridized carbons (Fsp3) is 0.531. The monoisotopic (exact) mass is 639 g/mol. The van der Waals surface area contributed by atoms with Crippen LogP contribution in [0.1, 0.15) is 53.0 Å². The Labute approximate surface area is 269 Å². The van der Waals surface area contributed by atoms with E-state index in [1.54, 1.807) is 11.0 Å². The molecule has 1 aromatic heterocycles. The van der Waals surface area contributed by atoms with Gasteiger partial charge in [-0.1, -0.05) is 32.1 Å². The highest BCUT2D eigenvalue weighted by molar-refractivity contribution is 8.03. The highest BCUT2D eigenvalue weighted by atomic mass is 32.2. The third-order valence-corrected chi connectivity index (χ3v) is 8.88. The van der Waals surface area contributed by atoms with Crippen molar-refractivity contribution in [1.29, 1.82) is 0 Å². The van der Waals surface area contributed by atoms with Gasteiger partial charge in [-0.3, -0.25) is 15.1 Å². The van der Waals surface area contributed by atoms with Gasteiger partial charge >= 0.3 is 12.1 Å². The topological polar surface area (TPSA) is 138 Å². The van der Waals surface area contributed by atoms with Crippen LogP contribution < -0.4 is 20.7 Å². The lowest BCUT2D eigenvalue weighted by atomic mass is 9.90. The lowest BCUT2D eigenvalue weighted by Crippen LogP contribution is -2.56. The van der Waals surface area contributed by atoms with Crippen LogP contribution in [0.2, 0.25) is 0 Å². The van der Waals surface area contributed by atoms with Crippen LogP contribution in [0.3, 0.4) is 0 Å². The van der Waals surface area contributed by atoms with E-state index in [0.717, 1.165) is 38.0 Å². The number of piperidine rings is 1. The zero-order valence-electron chi connectivity index (χ0n) is 26.7. The Balaban J connectivity index is 1.52. The SMILES string of the molecule is CCN(CC)CCOc1ccc(C2(NC(=O)Nc3cnccn3)SC=CC2C(=O)NC2CCCN(C(=O)OC(C)(C)C)C2)cc1. The molecule has 13 heteroatoms. The summed E-state index contributed by atoms with van der Waals surface area (Å²) in [7, 11) is 0. The molecule has 1 aromatic carbocycles. The summed E-state index contributed by atoms with van der Waals surface area (Å²) in [6, 6.07) is 6.68. The molecule has 244 valence electrons. The molecule has 0 radical (unpaired) electrons. The van der Waals surface area contributed by atoms with Gasteiger partial charge in [-0.2, -0.15) is 0 Å². The molecule has 2 aliphatic rings. The number of urea groups is 1. The second-order valence-electron chi connectivity index (χ2n) is 12.0. The maximum Gasteiger partial charge on any atom is 0.410 e. The van der Waals surface area contributed by atoms with E-state index < -0.39 is 28.5 Å². The maximum atomic E-state index is 13.9. The predicted molar refractivity (Wildman–Crippen MR) is 175 cm³/mol. The van der Waals surface area contributed by atoms with Crippen LogP contribution in [0.4, 0.5) is 15.4 Å². The summed E-state index contributed by atoms with van der Waals surface area (Å²) in [6.45, 7) is 13.9. The summed E-state index contributed by atoms with van der Waals surface area (Å²) < 4.78 is 11.5. The Morgan fingerprint density at radius 3 is 2.56 bits per heavy atom. The van der Waals surface area contributed by atoms with Gasteiger partial charge in [0.25, 0.3) is 0 Å². The number of nitrogens with zero attached hydrogens (tertiary/aromatic N) is 4. The molecule has 2 aliphatic heterocycles. The van der Waals surface area contributed by atoms with Gasteiger partial charge in [0.15, 0.2) is 5.82 Å². The highest BCUT2D eigenvalue weighted by Gasteiger charge is 2.48. The number of nitrogens with one attached hydrogen (secondary N) is 3. The Morgan fingerprint density at radius 2 is 1.89 bits per heavy atom. The number of anilines is 1. The molecule has 3 heterocycles. The predicted octanol–water partition coefficient (Wildman–Crippen LogP) is 4.56. The van der Waals surface area contributed by atoms with E-state index in [9.17, 15) is 14.4 Å². The summed E-state index contributed by atoms with van der Waals surface area (Å²) >= 11 is 1.34. The van der Waals surface area contributed by atoms with Gasteiger partial charge in [-0.05, 0) is 69.8 Å². The summed E-state index contributed by atoms with van der Waals surface area (Å²) in [5, 5.41) is 10.7. The largest absolute Gasteiger partial charge is 0.492 e. The first-order valence-corrected chi connectivity index (χ1v) is 16.3. The molecule has 0 saturated carbocycles. The van der Waals surface area contributed by atoms with E-state index in [2.05, 4.69) is 44.7 Å². The first kappa shape index (κ1) is 34.0. The number of hydrogen-bond acceptors (Lipinski definition) is 9. The molecule has 3 N–H and O–H groups in total. The number of rotatable bonds is 11. The van der Waals surface area contributed by atoms with Crippen molar-refractivity contribution < 1.29 is 23.9 Å². The van der Waals surface area contributed by atoms with Crippen LogP contribution in [0.5, 0.6) is 5.75 Å². The van der Waals surface area contributed by atoms with Crippen molar-refractivity contribution in [2.24, 2.45) is 5.92 Å². The van der Waals surface area contributed by atoms with Crippen molar-refractivity contribution in [2.45, 2.75) is 64.0 Å². The molecule has 0 bridgehead atoms. The van der Waals surface area contributed by atoms with Crippen LogP contribution in [0, 0.1) is 5.92 Å². The van der Waals surface area contributed by atoms with Crippen molar-refractivity contribution >= 4 is 35.6 Å². The highest BCUT2D eigenvalue weighted by Crippen LogP contribution is 2.47. The molecule has 45 heavy (non-hydrogen) atoms. The number of ether oxygens (including phenoxy) is 2. The van der Waals surface area contributed by atoms with Gasteiger partial charge in [-0.15, -0.1) is 11.8 Å². The number of aromatic nitrogens is 2. The van der Waals surface area contributed by atoms with E-state index in [0.29, 0.717) is 25.4 Å². The van der Waals surface area contributed by atoms with E-state index >= 15 is 0 Å². The third-order valence-electron chi connectivity index (χ3n) is 7.62. The number of hydrogen-bond donors (Lipinski definition) is 3. The van der Waals surface area contributed by atoms with Crippen molar-refractivity contribution in [3.05, 3.63) is 59.9 Å². The third kappa shape index (κ3) is 9.33. The Bertz CT molecular complexity index is 1320. The summed E-state index contributed by atoms with van der Waals surface area (Å²) in [4.78, 5) is 50.9. The molecule has 4 rings (SSSR count). The molecule has 4 amide bonds. The lowest BCUT2D eigenvalue weighted by molar-refractivity contribution is -0.125. The van der Waals surface area contributed by atoms with Gasteiger partial charge in [0.2, 0.25) is 5.91 Å². The van der Waals surface area contributed by atoms with Gasteiger partial charge in [0.05, 0.1) is 12.1 Å². The van der Waals surface area contributed by atoms with Crippen LogP contribution in [0.15, 0.2) is 54.3 Å². The van der Waals surface area contributed by atoms with Gasteiger partial charge < -0.3 is 29.9 Å². The zero-order chi connectivity index (χ0) is 32.5. The molecule has 3 atom stereocenters. The number of amides is 4. The minimum absolute atomic E-state index is 0.258. The summed E-state index contributed by atoms with van der Waals surface area (Å²) in [5.41, 5.74) is 0.115. The fourth-order valence-corrected chi connectivity index (χ4v) is 6.53. The molecule has 3 unspecified atom stereocenters. The number of likely N-dealkylation sites (tertiary alicyclic amines) is 1. The average molecular weight is 640 g/mol. The Kier molecular flexibility index (Phi) is 11.7. The number of benzene rings is 1. The minimum atomic E-state index is -1.16. The zero-order valence-corrected chi connectivity index (χ0v) is 27.6. The normalized spacial score (nSPS) is 21.3. The van der Waals surface area contributed by atoms with Gasteiger partial charge in [0, 0.05) is 38.1 Å². The lowest BCUT2D eigenvalue weighted by Gasteiger charge is -2.38. The van der Waals surface area contributed by atoms with Crippen LogP contribution in [-0.4, -0.2) is 88.8 Å². The minimum Gasteiger partial charge on any atom is -0.492 e. The number of carbonyl (C=O) groups excluding carboxylic acids is 3.